The van der Waals surface area contributed by atoms with Gasteiger partial charge < -0.3 is 14.7 Å². The van der Waals surface area contributed by atoms with Crippen molar-refractivity contribution < 1.29 is 41.0 Å². The molecular weight excluding hydrogens is 578 g/mol. The van der Waals surface area contributed by atoms with Gasteiger partial charge in [0.2, 0.25) is 5.92 Å². The number of benzene rings is 2. The highest BCUT2D eigenvalue weighted by Gasteiger charge is 2.46. The molecule has 13 heteroatoms. The monoisotopic (exact) mass is 608 g/mol. The Kier molecular flexibility index (Phi) is 8.87. The average Bonchev–Trinajstić information content (AvgIpc) is 2.96. The Bertz CT molecular complexity index is 1220. The fourth-order valence-electron chi connectivity index (χ4n) is 4.33. The highest BCUT2D eigenvalue weighted by Crippen LogP contribution is 2.52. The van der Waals surface area contributed by atoms with E-state index in [4.69, 9.17) is 4.74 Å². The van der Waals surface area contributed by atoms with Crippen molar-refractivity contribution in [2.45, 2.75) is 72.7 Å². The first kappa shape index (κ1) is 30.7. The normalized spacial score (nSPS) is 20.0. The number of nitrogens with zero attached hydrogens (tertiary/aromatic N) is 2. The average molecular weight is 609 g/mol. The zero-order chi connectivity index (χ0) is 29.5. The predicted octanol–water partition coefficient (Wildman–Crippen LogP) is 8.01. The van der Waals surface area contributed by atoms with Crippen LogP contribution < -0.4 is 9.64 Å². The van der Waals surface area contributed by atoms with Crippen LogP contribution in [0, 0.1) is 11.2 Å². The number of likely N-dealkylation sites (N-methyl/N-ethyl adjacent to an activating group) is 1. The third-order valence-electron chi connectivity index (χ3n) is 6.88. The number of hydrogen-bond donors (Lipinski definition) is 1. The zero-order valence-electron chi connectivity index (χ0n) is 22.1. The van der Waals surface area contributed by atoms with Crippen molar-refractivity contribution in [2.24, 2.45) is 5.41 Å². The molecule has 2 aliphatic rings. The first-order valence-corrected chi connectivity index (χ1v) is 14.3. The van der Waals surface area contributed by atoms with Gasteiger partial charge in [-0.05, 0) is 75.7 Å². The number of anilines is 2. The maximum Gasteiger partial charge on any atom is 0.389 e. The molecule has 2 aromatic carbocycles. The maximum atomic E-state index is 13.7. The van der Waals surface area contributed by atoms with Crippen LogP contribution in [0.1, 0.15) is 39.5 Å². The molecule has 0 radical (unpaired) electrons. The molecule has 1 aliphatic heterocycles. The molecule has 0 bridgehead atoms. The Hall–Kier alpha value is -2.25. The summed E-state index contributed by atoms with van der Waals surface area (Å²) in [5, 5.41) is 9.14. The van der Waals surface area contributed by atoms with E-state index in [-0.39, 0.29) is 37.7 Å². The number of halogens is 6. The van der Waals surface area contributed by atoms with Crippen LogP contribution in [0.25, 0.3) is 0 Å². The van der Waals surface area contributed by atoms with E-state index in [2.05, 4.69) is 0 Å². The molecule has 1 N–H and O–H groups in total. The summed E-state index contributed by atoms with van der Waals surface area (Å²) in [6.07, 6.45) is -6.11. The van der Waals surface area contributed by atoms with Crippen molar-refractivity contribution in [2.75, 3.05) is 25.1 Å². The molecule has 2 aromatic rings. The predicted molar refractivity (Wildman–Crippen MR) is 143 cm³/mol. The van der Waals surface area contributed by atoms with Crippen molar-refractivity contribution in [3.63, 3.8) is 0 Å². The highest BCUT2D eigenvalue weighted by molar-refractivity contribution is 8.00. The summed E-state index contributed by atoms with van der Waals surface area (Å²) in [6.45, 7) is 2.98. The number of hydrogen-bond acceptors (Lipinski definition) is 6. The first-order chi connectivity index (χ1) is 18.5. The molecule has 0 spiro atoms. The molecule has 1 fully saturated rings. The van der Waals surface area contributed by atoms with Gasteiger partial charge in [0, 0.05) is 42.8 Å². The molecule has 1 unspecified atom stereocenters. The minimum atomic E-state index is -4.34. The maximum absolute atomic E-state index is 13.7. The molecule has 0 saturated heterocycles. The summed E-state index contributed by atoms with van der Waals surface area (Å²) >= 11 is 2.42. The quantitative estimate of drug-likeness (QED) is 0.229. The van der Waals surface area contributed by atoms with E-state index in [9.17, 15) is 36.2 Å². The topological polar surface area (TPSA) is 53.0 Å². The second-order valence-electron chi connectivity index (χ2n) is 10.8. The molecule has 1 atom stereocenters. The van der Waals surface area contributed by atoms with Crippen molar-refractivity contribution in [1.29, 1.82) is 0 Å². The lowest BCUT2D eigenvalue weighted by Gasteiger charge is -2.35. The Morgan fingerprint density at radius 1 is 1.18 bits per heavy atom. The Morgan fingerprint density at radius 3 is 2.40 bits per heavy atom. The fraction of sp³-hybridized carbons (Fsp3) is 0.519. The van der Waals surface area contributed by atoms with Crippen LogP contribution in [0.2, 0.25) is 0 Å². The number of carboxylic acid groups (broad SMARTS) is 1. The number of ether oxygens (including phenoxy) is 1. The van der Waals surface area contributed by atoms with Crippen LogP contribution in [-0.4, -0.2) is 59.0 Å². The summed E-state index contributed by atoms with van der Waals surface area (Å²) < 4.78 is 88.1. The van der Waals surface area contributed by atoms with E-state index in [1.165, 1.54) is 61.8 Å². The molecule has 220 valence electrons. The van der Waals surface area contributed by atoms with Gasteiger partial charge in [-0.25, -0.2) is 17.5 Å². The number of carboxylic acids is 1. The smallest absolute Gasteiger partial charge is 0.389 e. The number of aliphatic carboxylic acids is 1. The van der Waals surface area contributed by atoms with E-state index in [1.54, 1.807) is 28.4 Å². The van der Waals surface area contributed by atoms with Gasteiger partial charge in [-0.2, -0.15) is 13.2 Å². The van der Waals surface area contributed by atoms with Crippen molar-refractivity contribution in [3.8, 4) is 5.75 Å². The molecule has 1 aliphatic carbocycles. The molecule has 1 heterocycles. The molecule has 40 heavy (non-hydrogen) atoms. The Morgan fingerprint density at radius 2 is 1.82 bits per heavy atom. The molecule has 4 rings (SSSR count). The van der Waals surface area contributed by atoms with Crippen molar-refractivity contribution in [3.05, 3.63) is 42.2 Å². The summed E-state index contributed by atoms with van der Waals surface area (Å²) in [5.74, 6) is -3.98. The van der Waals surface area contributed by atoms with E-state index < -0.39 is 41.8 Å². The van der Waals surface area contributed by atoms with Gasteiger partial charge in [0.1, 0.15) is 18.2 Å². The highest BCUT2D eigenvalue weighted by atomic mass is 32.2. The molecule has 5 nitrogen and oxygen atoms in total. The number of fused-ring (bicyclic) bond motifs is 1. The number of carbonyl (C=O) groups is 1. The van der Waals surface area contributed by atoms with Gasteiger partial charge in [-0.1, -0.05) is 0 Å². The van der Waals surface area contributed by atoms with E-state index in [0.717, 1.165) is 0 Å². The second-order valence-corrected chi connectivity index (χ2v) is 13.3. The molecular formula is C27H30F6N2O3S2. The molecule has 0 amide bonds. The number of alkyl halides is 5. The van der Waals surface area contributed by atoms with Gasteiger partial charge >= 0.3 is 12.1 Å². The van der Waals surface area contributed by atoms with Gasteiger partial charge in [0.15, 0.2) is 0 Å². The van der Waals surface area contributed by atoms with Gasteiger partial charge in [-0.3, -0.25) is 4.79 Å². The van der Waals surface area contributed by atoms with E-state index in [0.29, 0.717) is 26.9 Å². The summed E-state index contributed by atoms with van der Waals surface area (Å²) in [4.78, 5) is 14.6. The van der Waals surface area contributed by atoms with Crippen molar-refractivity contribution in [1.82, 2.24) is 4.31 Å². The minimum Gasteiger partial charge on any atom is -0.491 e. The summed E-state index contributed by atoms with van der Waals surface area (Å²) in [7, 11) is 1.69. The van der Waals surface area contributed by atoms with E-state index in [1.807, 2.05) is 0 Å². The van der Waals surface area contributed by atoms with Crippen LogP contribution >= 0.6 is 23.7 Å². The SMILES string of the molecule is CN1Sc2cc(OCC(C)(C)C(=O)O)c(SC3CC(F)(F)C3)cc2N(c2ccc(F)cc2)CC1CCC(F)(F)F. The summed E-state index contributed by atoms with van der Waals surface area (Å²) in [5.41, 5.74) is -0.0656. The molecule has 0 aromatic heterocycles. The second kappa shape index (κ2) is 11.6. The van der Waals surface area contributed by atoms with Crippen LogP contribution in [0.3, 0.4) is 0 Å². The third-order valence-corrected chi connectivity index (χ3v) is 9.23. The lowest BCUT2D eigenvalue weighted by atomic mass is 9.94. The van der Waals surface area contributed by atoms with Crippen LogP contribution in [0.15, 0.2) is 46.2 Å². The van der Waals surface area contributed by atoms with Crippen LogP contribution in [0.4, 0.5) is 37.7 Å². The number of rotatable bonds is 9. The van der Waals surface area contributed by atoms with Crippen LogP contribution in [0.5, 0.6) is 5.75 Å². The first-order valence-electron chi connectivity index (χ1n) is 12.6. The Labute approximate surface area is 237 Å². The molecule has 1 saturated carbocycles. The lowest BCUT2D eigenvalue weighted by Crippen LogP contribution is -2.37. The standard InChI is InChI=1S/C27H30F6N2O3S2/c1-25(2,24(36)37)15-38-21-11-22-20(10-23(21)39-19-12-26(29,30)13-19)35(17-6-4-16(28)5-7-17)14-18(34(3)40-22)8-9-27(31,32)33/h4-7,10-11,18-19H,8-9,12-15H2,1-3H3,(H,36,37). The van der Waals surface area contributed by atoms with Gasteiger partial charge in [0.05, 0.1) is 20.9 Å². The number of thioether (sulfide) groups is 1. The van der Waals surface area contributed by atoms with Gasteiger partial charge in [0.25, 0.3) is 0 Å². The third kappa shape index (κ3) is 7.52. The minimum absolute atomic E-state index is 0.163. The van der Waals surface area contributed by atoms with Gasteiger partial charge in [-0.15, -0.1) is 11.8 Å². The van der Waals surface area contributed by atoms with Crippen LogP contribution in [-0.2, 0) is 4.79 Å². The summed E-state index contributed by atoms with van der Waals surface area (Å²) in [6, 6.07) is 8.48. The largest absolute Gasteiger partial charge is 0.491 e. The zero-order valence-corrected chi connectivity index (χ0v) is 23.7. The van der Waals surface area contributed by atoms with Crippen molar-refractivity contribution >= 4 is 41.1 Å². The Balaban J connectivity index is 1.75. The fourth-order valence-corrected chi connectivity index (χ4v) is 6.81. The lowest BCUT2D eigenvalue weighted by molar-refractivity contribution is -0.148. The van der Waals surface area contributed by atoms with E-state index >= 15 is 0 Å².